The van der Waals surface area contributed by atoms with Crippen LogP contribution in [0.4, 0.5) is 0 Å². The van der Waals surface area contributed by atoms with Gasteiger partial charge in [-0.1, -0.05) is 35.9 Å². The molecule has 24 heavy (non-hydrogen) atoms. The number of amides is 1. The predicted octanol–water partition coefficient (Wildman–Crippen LogP) is 3.85. The van der Waals surface area contributed by atoms with Gasteiger partial charge in [0.2, 0.25) is 0 Å². The number of nitrogens with zero attached hydrogens (tertiary/aromatic N) is 1. The van der Waals surface area contributed by atoms with E-state index in [2.05, 4.69) is 10.3 Å². The first-order chi connectivity index (χ1) is 11.6. The van der Waals surface area contributed by atoms with Gasteiger partial charge in [0.1, 0.15) is 17.3 Å². The second-order valence-corrected chi connectivity index (χ2v) is 5.89. The molecule has 0 saturated heterocycles. The third kappa shape index (κ3) is 4.03. The van der Waals surface area contributed by atoms with Gasteiger partial charge in [0, 0.05) is 11.4 Å². The Morgan fingerprint density at radius 2 is 2.00 bits per heavy atom. The zero-order chi connectivity index (χ0) is 16.9. The normalized spacial score (nSPS) is 15.3. The quantitative estimate of drug-likeness (QED) is 0.840. The third-order valence-corrected chi connectivity index (χ3v) is 3.92. The molecule has 0 fully saturated rings. The van der Waals surface area contributed by atoms with E-state index in [-0.39, 0.29) is 5.91 Å². The highest BCUT2D eigenvalue weighted by atomic mass is 35.5. The molecule has 0 radical (unpaired) electrons. The van der Waals surface area contributed by atoms with Gasteiger partial charge in [-0.25, -0.2) is 4.99 Å². The standard InChI is InChI=1S/C19H17ClN2O2/c1-24-16-7-3-5-14(11-16)12-17-19(23)22-18(21-17)9-8-13-4-2-6-15(20)10-13/h2-7,10-12H,8-9H2,1H3,(H,21,22,23)/b17-12+. The summed E-state index contributed by atoms with van der Waals surface area (Å²) in [7, 11) is 1.61. The number of carbonyl (C=O) groups is 1. The predicted molar refractivity (Wildman–Crippen MR) is 96.3 cm³/mol. The van der Waals surface area contributed by atoms with Crippen LogP contribution in [0, 0.1) is 0 Å². The third-order valence-electron chi connectivity index (χ3n) is 3.68. The van der Waals surface area contributed by atoms with Crippen LogP contribution in [0.25, 0.3) is 6.08 Å². The molecule has 4 nitrogen and oxygen atoms in total. The molecule has 1 N–H and O–H groups in total. The zero-order valence-corrected chi connectivity index (χ0v) is 14.0. The molecule has 0 aromatic heterocycles. The lowest BCUT2D eigenvalue weighted by molar-refractivity contribution is -0.115. The fourth-order valence-electron chi connectivity index (χ4n) is 2.48. The van der Waals surface area contributed by atoms with Gasteiger partial charge in [0.15, 0.2) is 0 Å². The molecule has 1 heterocycles. The number of hydrogen-bond acceptors (Lipinski definition) is 3. The maximum Gasteiger partial charge on any atom is 0.275 e. The van der Waals surface area contributed by atoms with Crippen molar-refractivity contribution in [1.82, 2.24) is 5.32 Å². The molecule has 0 saturated carbocycles. The number of halogens is 1. The van der Waals surface area contributed by atoms with Crippen LogP contribution in [0.15, 0.2) is 59.2 Å². The van der Waals surface area contributed by atoms with E-state index in [4.69, 9.17) is 16.3 Å². The van der Waals surface area contributed by atoms with Crippen molar-refractivity contribution in [3.8, 4) is 5.75 Å². The Kier molecular flexibility index (Phi) is 4.96. The van der Waals surface area contributed by atoms with E-state index < -0.39 is 0 Å². The van der Waals surface area contributed by atoms with Crippen LogP contribution in [0.1, 0.15) is 17.5 Å². The molecule has 2 aromatic carbocycles. The monoisotopic (exact) mass is 340 g/mol. The molecule has 0 unspecified atom stereocenters. The van der Waals surface area contributed by atoms with Crippen molar-refractivity contribution in [3.63, 3.8) is 0 Å². The van der Waals surface area contributed by atoms with E-state index in [9.17, 15) is 4.79 Å². The Balaban J connectivity index is 1.71. The van der Waals surface area contributed by atoms with Crippen molar-refractivity contribution in [3.05, 3.63) is 70.4 Å². The molecule has 0 spiro atoms. The van der Waals surface area contributed by atoms with Crippen molar-refractivity contribution in [2.75, 3.05) is 7.11 Å². The van der Waals surface area contributed by atoms with Gasteiger partial charge < -0.3 is 10.1 Å². The summed E-state index contributed by atoms with van der Waals surface area (Å²) in [5.41, 5.74) is 2.40. The molecular formula is C19H17ClN2O2. The Labute approximate surface area is 145 Å². The van der Waals surface area contributed by atoms with Crippen molar-refractivity contribution >= 4 is 29.4 Å². The first-order valence-electron chi connectivity index (χ1n) is 7.63. The van der Waals surface area contributed by atoms with Crippen LogP contribution in [-0.2, 0) is 11.2 Å². The zero-order valence-electron chi connectivity index (χ0n) is 13.3. The summed E-state index contributed by atoms with van der Waals surface area (Å²) in [6.45, 7) is 0. The fraction of sp³-hybridized carbons (Fsp3) is 0.158. The molecule has 2 aromatic rings. The molecule has 1 amide bonds. The Morgan fingerprint density at radius 1 is 1.17 bits per heavy atom. The van der Waals surface area contributed by atoms with Gasteiger partial charge in [-0.05, 0) is 47.9 Å². The summed E-state index contributed by atoms with van der Waals surface area (Å²) in [5.74, 6) is 1.24. The molecule has 1 aliphatic rings. The van der Waals surface area contributed by atoms with E-state index in [0.717, 1.165) is 23.3 Å². The molecular weight excluding hydrogens is 324 g/mol. The van der Waals surface area contributed by atoms with Crippen molar-refractivity contribution in [1.29, 1.82) is 0 Å². The van der Waals surface area contributed by atoms with Gasteiger partial charge in [-0.3, -0.25) is 4.79 Å². The average Bonchev–Trinajstić information content (AvgIpc) is 2.93. The van der Waals surface area contributed by atoms with Gasteiger partial charge in [0.05, 0.1) is 7.11 Å². The van der Waals surface area contributed by atoms with Crippen LogP contribution in [-0.4, -0.2) is 18.9 Å². The number of aliphatic imine (C=N–C) groups is 1. The molecule has 0 aliphatic carbocycles. The van der Waals surface area contributed by atoms with Gasteiger partial charge in [-0.15, -0.1) is 0 Å². The highest BCUT2D eigenvalue weighted by molar-refractivity contribution is 6.30. The Morgan fingerprint density at radius 3 is 2.79 bits per heavy atom. The number of nitrogens with one attached hydrogen (secondary N) is 1. The molecule has 122 valence electrons. The highest BCUT2D eigenvalue weighted by Gasteiger charge is 2.19. The maximum atomic E-state index is 12.1. The topological polar surface area (TPSA) is 50.7 Å². The fourth-order valence-corrected chi connectivity index (χ4v) is 2.69. The van der Waals surface area contributed by atoms with Crippen LogP contribution in [0.2, 0.25) is 5.02 Å². The van der Waals surface area contributed by atoms with Crippen LogP contribution < -0.4 is 10.1 Å². The summed E-state index contributed by atoms with van der Waals surface area (Å²) >= 11 is 5.98. The van der Waals surface area contributed by atoms with Crippen LogP contribution in [0.5, 0.6) is 5.75 Å². The second-order valence-electron chi connectivity index (χ2n) is 5.45. The van der Waals surface area contributed by atoms with Gasteiger partial charge in [0.25, 0.3) is 5.91 Å². The second kappa shape index (κ2) is 7.32. The first kappa shape index (κ1) is 16.3. The number of aryl methyl sites for hydroxylation is 1. The number of methoxy groups -OCH3 is 1. The van der Waals surface area contributed by atoms with E-state index in [1.807, 2.05) is 48.5 Å². The van der Waals surface area contributed by atoms with E-state index in [0.29, 0.717) is 23.0 Å². The summed E-state index contributed by atoms with van der Waals surface area (Å²) in [5, 5.41) is 3.53. The number of amidine groups is 1. The molecule has 5 heteroatoms. The molecule has 3 rings (SSSR count). The number of carbonyl (C=O) groups excluding carboxylic acids is 1. The Hall–Kier alpha value is -2.59. The van der Waals surface area contributed by atoms with E-state index in [1.165, 1.54) is 0 Å². The van der Waals surface area contributed by atoms with Crippen LogP contribution in [0.3, 0.4) is 0 Å². The minimum absolute atomic E-state index is 0.182. The summed E-state index contributed by atoms with van der Waals surface area (Å²) < 4.78 is 5.19. The highest BCUT2D eigenvalue weighted by Crippen LogP contribution is 2.18. The van der Waals surface area contributed by atoms with E-state index in [1.54, 1.807) is 13.2 Å². The van der Waals surface area contributed by atoms with E-state index >= 15 is 0 Å². The van der Waals surface area contributed by atoms with Crippen LogP contribution >= 0.6 is 11.6 Å². The number of rotatable bonds is 5. The molecule has 0 bridgehead atoms. The molecule has 0 atom stereocenters. The largest absolute Gasteiger partial charge is 0.497 e. The lowest BCUT2D eigenvalue weighted by Crippen LogP contribution is -2.24. The summed E-state index contributed by atoms with van der Waals surface area (Å²) in [6, 6.07) is 15.2. The molecule has 1 aliphatic heterocycles. The minimum atomic E-state index is -0.182. The van der Waals surface area contributed by atoms with Crippen molar-refractivity contribution in [2.45, 2.75) is 12.8 Å². The first-order valence-corrected chi connectivity index (χ1v) is 8.01. The lowest BCUT2D eigenvalue weighted by atomic mass is 10.1. The Bertz CT molecular complexity index is 828. The summed E-state index contributed by atoms with van der Waals surface area (Å²) in [4.78, 5) is 16.5. The minimum Gasteiger partial charge on any atom is -0.497 e. The lowest BCUT2D eigenvalue weighted by Gasteiger charge is -2.01. The van der Waals surface area contributed by atoms with Crippen molar-refractivity contribution < 1.29 is 9.53 Å². The van der Waals surface area contributed by atoms with Gasteiger partial charge in [-0.2, -0.15) is 0 Å². The maximum absolute atomic E-state index is 12.1. The smallest absolute Gasteiger partial charge is 0.275 e. The number of ether oxygens (including phenoxy) is 1. The van der Waals surface area contributed by atoms with Gasteiger partial charge >= 0.3 is 0 Å². The SMILES string of the molecule is COc1cccc(/C=C2/N=C(CCc3cccc(Cl)c3)NC2=O)c1. The average molecular weight is 341 g/mol. The summed E-state index contributed by atoms with van der Waals surface area (Å²) in [6.07, 6.45) is 3.18. The number of benzene rings is 2. The number of hydrogen-bond donors (Lipinski definition) is 1. The van der Waals surface area contributed by atoms with Crippen molar-refractivity contribution in [2.24, 2.45) is 4.99 Å².